The molecular weight excluding hydrogens is 512 g/mol. The molecule has 4 heteroatoms. The molecule has 0 N–H and O–H groups in total. The van der Waals surface area contributed by atoms with E-state index in [-0.39, 0.29) is 16.4 Å². The van der Waals surface area contributed by atoms with E-state index < -0.39 is 10.1 Å². The van der Waals surface area contributed by atoms with Crippen molar-refractivity contribution in [3.05, 3.63) is 53.6 Å². The van der Waals surface area contributed by atoms with E-state index in [1.807, 2.05) is 19.1 Å². The number of allylic oxidation sites excluding steroid dienone is 3. The highest BCUT2D eigenvalue weighted by molar-refractivity contribution is 7.86. The van der Waals surface area contributed by atoms with Crippen molar-refractivity contribution < 1.29 is 12.6 Å². The Labute approximate surface area is 245 Å². The topological polar surface area (TPSA) is 43.4 Å². The predicted octanol–water partition coefficient (Wildman–Crippen LogP) is 9.52. The average molecular weight is 567 g/mol. The predicted molar refractivity (Wildman–Crippen MR) is 165 cm³/mol. The fraction of sp³-hybridized carbons (Fsp3) is 0.722. The van der Waals surface area contributed by atoms with Crippen molar-refractivity contribution in [2.45, 2.75) is 117 Å². The Morgan fingerprint density at radius 1 is 0.975 bits per heavy atom. The normalized spacial score (nSPS) is 37.5. The van der Waals surface area contributed by atoms with Crippen LogP contribution in [0.5, 0.6) is 0 Å². The van der Waals surface area contributed by atoms with E-state index in [2.05, 4.69) is 59.8 Å². The van der Waals surface area contributed by atoms with Crippen LogP contribution in [0.25, 0.3) is 0 Å². The van der Waals surface area contributed by atoms with Crippen LogP contribution in [0.2, 0.25) is 0 Å². The lowest BCUT2D eigenvalue weighted by Gasteiger charge is -2.58. The van der Waals surface area contributed by atoms with Gasteiger partial charge < -0.3 is 0 Å². The van der Waals surface area contributed by atoms with Gasteiger partial charge in [-0.1, -0.05) is 83.0 Å². The molecule has 0 amide bonds. The summed E-state index contributed by atoms with van der Waals surface area (Å²) >= 11 is 0. The summed E-state index contributed by atoms with van der Waals surface area (Å²) < 4.78 is 31.9. The molecule has 4 aliphatic carbocycles. The maximum Gasteiger partial charge on any atom is 0.297 e. The molecular formula is C36H54O3S. The van der Waals surface area contributed by atoms with Gasteiger partial charge in [0.05, 0.1) is 11.0 Å². The molecule has 0 saturated heterocycles. The molecule has 3 saturated carbocycles. The maximum atomic E-state index is 13.0. The molecule has 1 aromatic carbocycles. The van der Waals surface area contributed by atoms with Crippen LogP contribution in [0.4, 0.5) is 0 Å². The van der Waals surface area contributed by atoms with E-state index in [1.165, 1.54) is 37.7 Å². The summed E-state index contributed by atoms with van der Waals surface area (Å²) in [5, 5.41) is 0. The van der Waals surface area contributed by atoms with Gasteiger partial charge in [-0.3, -0.25) is 4.18 Å². The van der Waals surface area contributed by atoms with Crippen LogP contribution in [-0.4, -0.2) is 14.5 Å². The zero-order valence-corrected chi connectivity index (χ0v) is 27.0. The Morgan fingerprint density at radius 3 is 2.38 bits per heavy atom. The van der Waals surface area contributed by atoms with Crippen molar-refractivity contribution in [1.29, 1.82) is 0 Å². The summed E-state index contributed by atoms with van der Waals surface area (Å²) in [6.45, 7) is 16.6. The number of hydrogen-bond acceptors (Lipinski definition) is 3. The number of rotatable bonds is 8. The van der Waals surface area contributed by atoms with E-state index in [4.69, 9.17) is 4.18 Å². The lowest BCUT2D eigenvalue weighted by Crippen LogP contribution is -2.51. The van der Waals surface area contributed by atoms with Crippen LogP contribution in [0, 0.1) is 59.2 Å². The molecule has 0 heterocycles. The molecule has 3 nitrogen and oxygen atoms in total. The van der Waals surface area contributed by atoms with Gasteiger partial charge in [-0.05, 0) is 129 Å². The largest absolute Gasteiger partial charge is 0.297 e. The molecule has 1 aromatic rings. The summed E-state index contributed by atoms with van der Waals surface area (Å²) in [7, 11) is -3.74. The fourth-order valence-electron chi connectivity index (χ4n) is 9.84. The monoisotopic (exact) mass is 566 g/mol. The van der Waals surface area contributed by atoms with Crippen molar-refractivity contribution >= 4 is 10.1 Å². The number of fused-ring (bicyclic) bond motifs is 5. The summed E-state index contributed by atoms with van der Waals surface area (Å²) in [5.74, 6) is 5.13. The van der Waals surface area contributed by atoms with E-state index in [1.54, 1.807) is 12.1 Å². The first-order valence-electron chi connectivity index (χ1n) is 16.3. The zero-order chi connectivity index (χ0) is 28.9. The van der Waals surface area contributed by atoms with Crippen LogP contribution >= 0.6 is 0 Å². The molecule has 0 aromatic heterocycles. The highest BCUT2D eigenvalue weighted by Crippen LogP contribution is 2.67. The molecule has 0 aliphatic heterocycles. The third-order valence-electron chi connectivity index (χ3n) is 12.3. The Kier molecular flexibility index (Phi) is 8.54. The van der Waals surface area contributed by atoms with Gasteiger partial charge in [0, 0.05) is 0 Å². The van der Waals surface area contributed by atoms with Crippen LogP contribution in [-0.2, 0) is 14.3 Å². The summed E-state index contributed by atoms with van der Waals surface area (Å²) in [6.07, 6.45) is 17.8. The second kappa shape index (κ2) is 11.4. The smallest absolute Gasteiger partial charge is 0.263 e. The van der Waals surface area contributed by atoms with Crippen molar-refractivity contribution in [3.63, 3.8) is 0 Å². The first kappa shape index (κ1) is 30.1. The summed E-state index contributed by atoms with van der Waals surface area (Å²) in [6, 6.07) is 7.01. The van der Waals surface area contributed by atoms with Gasteiger partial charge in [0.25, 0.3) is 10.1 Å². The summed E-state index contributed by atoms with van der Waals surface area (Å²) in [5.41, 5.74) is 3.15. The Hall–Kier alpha value is -1.39. The number of aryl methyl sites for hydroxylation is 1. The minimum Gasteiger partial charge on any atom is -0.263 e. The van der Waals surface area contributed by atoms with Crippen molar-refractivity contribution in [3.8, 4) is 0 Å². The first-order valence-corrected chi connectivity index (χ1v) is 17.7. The van der Waals surface area contributed by atoms with Gasteiger partial charge in [0.2, 0.25) is 0 Å². The lowest BCUT2D eigenvalue weighted by molar-refractivity contribution is -0.0523. The molecule has 0 unspecified atom stereocenters. The van der Waals surface area contributed by atoms with Crippen molar-refractivity contribution in [1.82, 2.24) is 0 Å². The molecule has 4 aliphatic rings. The van der Waals surface area contributed by atoms with Crippen LogP contribution in [0.1, 0.15) is 105 Å². The Morgan fingerprint density at radius 2 is 1.70 bits per heavy atom. The Bertz CT molecular complexity index is 1210. The van der Waals surface area contributed by atoms with Crippen molar-refractivity contribution in [2.24, 2.45) is 52.3 Å². The van der Waals surface area contributed by atoms with Crippen LogP contribution in [0.3, 0.4) is 0 Å². The standard InChI is InChI=1S/C36H54O3S/c1-8-27(24(2)3)12-11-26(5)32-17-18-33-31-16-13-28-23-29(39-40(37,38)30-14-9-25(4)10-15-30)19-21-35(28,6)34(31)20-22-36(32,33)7/h9-15,24,26-27,29,31-34H,8,16-23H2,1-7H3/b12-11+/t26-,27-,29-,31+,32-,33+,34+,35-,36+/m0/s1. The minimum absolute atomic E-state index is 0.187. The third-order valence-corrected chi connectivity index (χ3v) is 13.7. The van der Waals surface area contributed by atoms with Crippen LogP contribution in [0.15, 0.2) is 53.0 Å². The molecule has 9 atom stereocenters. The van der Waals surface area contributed by atoms with Gasteiger partial charge >= 0.3 is 0 Å². The van der Waals surface area contributed by atoms with E-state index in [0.717, 1.165) is 54.9 Å². The fourth-order valence-corrected chi connectivity index (χ4v) is 10.9. The molecule has 3 fully saturated rings. The second-order valence-electron chi connectivity index (χ2n) is 14.8. The van der Waals surface area contributed by atoms with Crippen LogP contribution < -0.4 is 0 Å². The lowest BCUT2D eigenvalue weighted by atomic mass is 9.47. The maximum absolute atomic E-state index is 13.0. The zero-order valence-electron chi connectivity index (χ0n) is 26.2. The average Bonchev–Trinajstić information content (AvgIpc) is 3.26. The summed E-state index contributed by atoms with van der Waals surface area (Å²) in [4.78, 5) is 0.268. The Balaban J connectivity index is 1.28. The molecule has 0 bridgehead atoms. The van der Waals surface area contributed by atoms with Gasteiger partial charge in [0.1, 0.15) is 0 Å². The van der Waals surface area contributed by atoms with E-state index >= 15 is 0 Å². The van der Waals surface area contributed by atoms with Gasteiger partial charge in [-0.2, -0.15) is 8.42 Å². The van der Waals surface area contributed by atoms with Gasteiger partial charge in [0.15, 0.2) is 0 Å². The van der Waals surface area contributed by atoms with E-state index in [9.17, 15) is 8.42 Å². The highest BCUT2D eigenvalue weighted by Gasteiger charge is 2.59. The molecule has 40 heavy (non-hydrogen) atoms. The molecule has 222 valence electrons. The number of hydrogen-bond donors (Lipinski definition) is 0. The quantitative estimate of drug-likeness (QED) is 0.232. The highest BCUT2D eigenvalue weighted by atomic mass is 32.2. The second-order valence-corrected chi connectivity index (χ2v) is 16.3. The number of benzene rings is 1. The third kappa shape index (κ3) is 5.41. The van der Waals surface area contributed by atoms with Gasteiger partial charge in [-0.25, -0.2) is 0 Å². The molecule has 0 spiro atoms. The van der Waals surface area contributed by atoms with Crippen molar-refractivity contribution in [2.75, 3.05) is 0 Å². The first-order chi connectivity index (χ1) is 18.9. The SMILES string of the molecule is CC[C@@H](/C=C/[C@H](C)[C@@H]1CC[C@@H]2[C@H]3CC=C4C[C@@H](OS(=O)(=O)c5ccc(C)cc5)CC[C@]4(C)[C@@H]3CC[C@@]21C)C(C)C. The minimum atomic E-state index is -3.74. The molecule has 5 rings (SSSR count). The van der Waals surface area contributed by atoms with Gasteiger partial charge in [-0.15, -0.1) is 0 Å². The molecule has 0 radical (unpaired) electrons. The van der Waals surface area contributed by atoms with E-state index in [0.29, 0.717) is 23.2 Å².